The van der Waals surface area contributed by atoms with Crippen LogP contribution in [-0.4, -0.2) is 32.6 Å². The highest BCUT2D eigenvalue weighted by Crippen LogP contribution is 2.31. The van der Waals surface area contributed by atoms with E-state index in [0.29, 0.717) is 5.92 Å². The number of hydrogen-bond donors (Lipinski definition) is 0. The first-order valence-corrected chi connectivity index (χ1v) is 8.26. The maximum absolute atomic E-state index is 4.66. The lowest BCUT2D eigenvalue weighted by atomic mass is 9.97. The van der Waals surface area contributed by atoms with E-state index in [1.165, 1.54) is 23.4 Å². The van der Waals surface area contributed by atoms with Gasteiger partial charge in [-0.3, -0.25) is 4.90 Å². The average Bonchev–Trinajstić information content (AvgIpc) is 3.10. The first-order chi connectivity index (χ1) is 10.4. The van der Waals surface area contributed by atoms with E-state index in [1.807, 2.05) is 16.9 Å². The van der Waals surface area contributed by atoms with Crippen LogP contribution in [0, 0.1) is 0 Å². The maximum Gasteiger partial charge on any atom is 0.212 e. The molecule has 1 saturated heterocycles. The van der Waals surface area contributed by atoms with Crippen LogP contribution in [0.4, 0.5) is 0 Å². The zero-order valence-electron chi connectivity index (χ0n) is 11.9. The monoisotopic (exact) mass is 298 g/mol. The van der Waals surface area contributed by atoms with Gasteiger partial charge in [0.05, 0.1) is 6.20 Å². The summed E-state index contributed by atoms with van der Waals surface area (Å²) in [4.78, 5) is 7.87. The predicted molar refractivity (Wildman–Crippen MR) is 84.6 cm³/mol. The minimum atomic E-state index is 0.601. The Hall–Kier alpha value is -1.72. The van der Waals surface area contributed by atoms with Crippen LogP contribution in [0.25, 0.3) is 4.96 Å². The first kappa shape index (κ1) is 13.0. The van der Waals surface area contributed by atoms with Gasteiger partial charge in [-0.2, -0.15) is 5.10 Å². The summed E-state index contributed by atoms with van der Waals surface area (Å²) < 4.78 is 1.90. The van der Waals surface area contributed by atoms with Crippen molar-refractivity contribution < 1.29 is 0 Å². The molecule has 21 heavy (non-hydrogen) atoms. The highest BCUT2D eigenvalue weighted by Gasteiger charge is 2.23. The fraction of sp³-hybridized carbons (Fsp3) is 0.375. The minimum absolute atomic E-state index is 0.601. The van der Waals surface area contributed by atoms with Crippen LogP contribution in [0.3, 0.4) is 0 Å². The molecule has 2 aromatic heterocycles. The van der Waals surface area contributed by atoms with E-state index < -0.39 is 0 Å². The van der Waals surface area contributed by atoms with Gasteiger partial charge in [0, 0.05) is 18.7 Å². The van der Waals surface area contributed by atoms with E-state index >= 15 is 0 Å². The smallest absolute Gasteiger partial charge is 0.212 e. The molecule has 3 aromatic rings. The molecule has 0 spiro atoms. The van der Waals surface area contributed by atoms with Crippen molar-refractivity contribution in [2.75, 3.05) is 13.1 Å². The Balaban J connectivity index is 1.39. The summed E-state index contributed by atoms with van der Waals surface area (Å²) in [6.07, 6.45) is 6.14. The van der Waals surface area contributed by atoms with Crippen molar-refractivity contribution in [1.82, 2.24) is 19.5 Å². The third kappa shape index (κ3) is 2.71. The van der Waals surface area contributed by atoms with Gasteiger partial charge in [0.25, 0.3) is 0 Å². The first-order valence-electron chi connectivity index (χ1n) is 7.45. The van der Waals surface area contributed by atoms with Crippen LogP contribution in [0.15, 0.2) is 42.7 Å². The predicted octanol–water partition coefficient (Wildman–Crippen LogP) is 3.17. The number of rotatable bonds is 3. The number of imidazole rings is 1. The third-order valence-electron chi connectivity index (χ3n) is 4.18. The lowest BCUT2D eigenvalue weighted by molar-refractivity contribution is 0.204. The summed E-state index contributed by atoms with van der Waals surface area (Å²) in [6, 6.07) is 10.7. The quantitative estimate of drug-likeness (QED) is 0.744. The summed E-state index contributed by atoms with van der Waals surface area (Å²) >= 11 is 1.74. The number of nitrogens with zero attached hydrogens (tertiary/aromatic N) is 4. The normalized spacial score (nSPS) is 17.5. The number of likely N-dealkylation sites (tertiary alicyclic amines) is 1. The van der Waals surface area contributed by atoms with Gasteiger partial charge in [0.1, 0.15) is 5.01 Å². The summed E-state index contributed by atoms with van der Waals surface area (Å²) in [5.41, 5.74) is 1.41. The molecule has 1 aliphatic rings. The Morgan fingerprint density at radius 1 is 1.14 bits per heavy atom. The minimum Gasteiger partial charge on any atom is -0.299 e. The van der Waals surface area contributed by atoms with Crippen LogP contribution >= 0.6 is 11.3 Å². The Morgan fingerprint density at radius 3 is 2.71 bits per heavy atom. The highest BCUT2D eigenvalue weighted by molar-refractivity contribution is 7.16. The van der Waals surface area contributed by atoms with Crippen molar-refractivity contribution in [3.63, 3.8) is 0 Å². The Labute approximate surface area is 128 Å². The molecule has 108 valence electrons. The second-order valence-corrected chi connectivity index (χ2v) is 6.62. The molecular formula is C16H18N4S. The van der Waals surface area contributed by atoms with Gasteiger partial charge in [0.15, 0.2) is 0 Å². The van der Waals surface area contributed by atoms with Crippen LogP contribution in [-0.2, 0) is 6.54 Å². The number of hydrogen-bond acceptors (Lipinski definition) is 4. The summed E-state index contributed by atoms with van der Waals surface area (Å²) in [7, 11) is 0. The van der Waals surface area contributed by atoms with Crippen molar-refractivity contribution in [2.45, 2.75) is 25.3 Å². The van der Waals surface area contributed by atoms with E-state index in [1.54, 1.807) is 11.3 Å². The second kappa shape index (κ2) is 5.58. The zero-order valence-corrected chi connectivity index (χ0v) is 12.7. The van der Waals surface area contributed by atoms with Gasteiger partial charge in [0.2, 0.25) is 4.96 Å². The van der Waals surface area contributed by atoms with Gasteiger partial charge < -0.3 is 0 Å². The molecule has 1 aromatic carbocycles. The molecule has 0 unspecified atom stereocenters. The van der Waals surface area contributed by atoms with E-state index in [2.05, 4.69) is 45.3 Å². The molecule has 0 atom stereocenters. The second-order valence-electron chi connectivity index (χ2n) is 5.63. The topological polar surface area (TPSA) is 33.4 Å². The van der Waals surface area contributed by atoms with E-state index in [9.17, 15) is 0 Å². The SMILES string of the molecule is c1ccc(CN2CCC(c3nn4ccnc4s3)CC2)cc1. The molecule has 4 rings (SSSR count). The van der Waals surface area contributed by atoms with Crippen LogP contribution in [0.2, 0.25) is 0 Å². The maximum atomic E-state index is 4.66. The van der Waals surface area contributed by atoms with Crippen molar-refractivity contribution in [2.24, 2.45) is 0 Å². The molecule has 3 heterocycles. The van der Waals surface area contributed by atoms with Gasteiger partial charge in [-0.15, -0.1) is 0 Å². The standard InChI is InChI=1S/C16H18N4S/c1-2-4-13(5-3-1)12-19-9-6-14(7-10-19)15-18-20-11-8-17-16(20)21-15/h1-5,8,11,14H,6-7,9-10,12H2. The summed E-state index contributed by atoms with van der Waals surface area (Å²) in [5, 5.41) is 5.91. The van der Waals surface area contributed by atoms with Crippen LogP contribution < -0.4 is 0 Å². The molecule has 4 nitrogen and oxygen atoms in total. The molecule has 0 amide bonds. The van der Waals surface area contributed by atoms with E-state index in [0.717, 1.165) is 24.6 Å². The Morgan fingerprint density at radius 2 is 1.95 bits per heavy atom. The fourth-order valence-corrected chi connectivity index (χ4v) is 4.02. The number of benzene rings is 1. The molecule has 5 heteroatoms. The number of fused-ring (bicyclic) bond motifs is 1. The lowest BCUT2D eigenvalue weighted by Crippen LogP contribution is -2.32. The lowest BCUT2D eigenvalue weighted by Gasteiger charge is -2.30. The number of aromatic nitrogens is 3. The van der Waals surface area contributed by atoms with Gasteiger partial charge in [-0.25, -0.2) is 9.50 Å². The van der Waals surface area contributed by atoms with Gasteiger partial charge in [-0.1, -0.05) is 41.7 Å². The zero-order chi connectivity index (χ0) is 14.1. The number of piperidine rings is 1. The Kier molecular flexibility index (Phi) is 3.45. The van der Waals surface area contributed by atoms with Crippen LogP contribution in [0.5, 0.6) is 0 Å². The molecule has 0 radical (unpaired) electrons. The van der Waals surface area contributed by atoms with Crippen molar-refractivity contribution >= 4 is 16.3 Å². The van der Waals surface area contributed by atoms with Gasteiger partial charge >= 0.3 is 0 Å². The Bertz CT molecular complexity index is 682. The van der Waals surface area contributed by atoms with E-state index in [-0.39, 0.29) is 0 Å². The average molecular weight is 298 g/mol. The van der Waals surface area contributed by atoms with Crippen molar-refractivity contribution in [1.29, 1.82) is 0 Å². The largest absolute Gasteiger partial charge is 0.299 e. The molecule has 0 bridgehead atoms. The van der Waals surface area contributed by atoms with Gasteiger partial charge in [-0.05, 0) is 31.5 Å². The van der Waals surface area contributed by atoms with Crippen molar-refractivity contribution in [3.05, 3.63) is 53.3 Å². The third-order valence-corrected chi connectivity index (χ3v) is 5.28. The molecular weight excluding hydrogens is 280 g/mol. The molecule has 1 aliphatic heterocycles. The molecule has 0 N–H and O–H groups in total. The van der Waals surface area contributed by atoms with E-state index in [4.69, 9.17) is 0 Å². The fourth-order valence-electron chi connectivity index (χ4n) is 3.00. The molecule has 1 fully saturated rings. The molecule has 0 saturated carbocycles. The highest BCUT2D eigenvalue weighted by atomic mass is 32.1. The van der Waals surface area contributed by atoms with Crippen LogP contribution in [0.1, 0.15) is 29.3 Å². The molecule has 0 aliphatic carbocycles. The summed E-state index contributed by atoms with van der Waals surface area (Å²) in [5.74, 6) is 0.601. The summed E-state index contributed by atoms with van der Waals surface area (Å²) in [6.45, 7) is 3.37. The van der Waals surface area contributed by atoms with Crippen molar-refractivity contribution in [3.8, 4) is 0 Å².